The van der Waals surface area contributed by atoms with Crippen molar-refractivity contribution in [2.75, 3.05) is 11.9 Å². The van der Waals surface area contributed by atoms with E-state index >= 15 is 0 Å². The Balaban J connectivity index is 2.33. The molecule has 0 aliphatic rings. The predicted octanol–water partition coefficient (Wildman–Crippen LogP) is 4.79. The van der Waals surface area contributed by atoms with E-state index in [-0.39, 0.29) is 5.88 Å². The summed E-state index contributed by atoms with van der Waals surface area (Å²) in [5, 5.41) is 3.28. The van der Waals surface area contributed by atoms with Crippen molar-refractivity contribution in [2.24, 2.45) is 0 Å². The summed E-state index contributed by atoms with van der Waals surface area (Å²) in [6.45, 7) is 2.94. The molecule has 0 bridgehead atoms. The topological polar surface area (TPSA) is 34.1 Å². The number of alkyl halides is 3. The van der Waals surface area contributed by atoms with Crippen LogP contribution in [0.3, 0.4) is 0 Å². The van der Waals surface area contributed by atoms with Crippen LogP contribution in [0.5, 0.6) is 5.88 Å². The summed E-state index contributed by atoms with van der Waals surface area (Å²) < 4.78 is 40.6. The molecule has 1 heterocycles. The van der Waals surface area contributed by atoms with Crippen LogP contribution in [0.2, 0.25) is 0 Å². The third-order valence-corrected chi connectivity index (χ3v) is 3.02. The Labute approximate surface area is 123 Å². The van der Waals surface area contributed by atoms with Crippen molar-refractivity contribution in [2.45, 2.75) is 58.2 Å². The minimum absolute atomic E-state index is 0.0199. The zero-order valence-corrected chi connectivity index (χ0v) is 12.5. The first-order chi connectivity index (χ1) is 9.90. The van der Waals surface area contributed by atoms with Gasteiger partial charge in [0.2, 0.25) is 5.88 Å². The summed E-state index contributed by atoms with van der Waals surface area (Å²) in [7, 11) is 0. The smallest absolute Gasteiger partial charge is 0.422 e. The summed E-state index contributed by atoms with van der Waals surface area (Å²) >= 11 is 0. The molecule has 1 aromatic heterocycles. The van der Waals surface area contributed by atoms with Crippen LogP contribution in [0.15, 0.2) is 18.3 Å². The predicted molar refractivity (Wildman–Crippen MR) is 77.6 cm³/mol. The number of ether oxygens (including phenoxy) is 1. The third-order valence-electron chi connectivity index (χ3n) is 3.02. The second-order valence-electron chi connectivity index (χ2n) is 5.18. The molecule has 0 aliphatic carbocycles. The summed E-state index contributed by atoms with van der Waals surface area (Å²) in [5.41, 5.74) is 0.789. The lowest BCUT2D eigenvalue weighted by molar-refractivity contribution is -0.154. The maximum atomic E-state index is 12.0. The van der Waals surface area contributed by atoms with Crippen LogP contribution >= 0.6 is 0 Å². The molecule has 3 nitrogen and oxygen atoms in total. The van der Waals surface area contributed by atoms with Gasteiger partial charge in [-0.3, -0.25) is 0 Å². The van der Waals surface area contributed by atoms with Crippen LogP contribution in [0.25, 0.3) is 0 Å². The van der Waals surface area contributed by atoms with Gasteiger partial charge in [0.25, 0.3) is 0 Å². The molecule has 0 aliphatic heterocycles. The van der Waals surface area contributed by atoms with E-state index < -0.39 is 12.8 Å². The van der Waals surface area contributed by atoms with Crippen LogP contribution in [0.4, 0.5) is 18.9 Å². The van der Waals surface area contributed by atoms with Gasteiger partial charge in [0.1, 0.15) is 0 Å². The first-order valence-corrected chi connectivity index (χ1v) is 7.33. The molecule has 1 N–H and O–H groups in total. The fourth-order valence-electron chi connectivity index (χ4n) is 1.94. The van der Waals surface area contributed by atoms with E-state index in [1.807, 2.05) is 0 Å². The quantitative estimate of drug-likeness (QED) is 0.666. The van der Waals surface area contributed by atoms with E-state index in [2.05, 4.69) is 28.9 Å². The van der Waals surface area contributed by atoms with Crippen molar-refractivity contribution in [3.63, 3.8) is 0 Å². The molecule has 1 rings (SSSR count). The largest absolute Gasteiger partial charge is 0.468 e. The van der Waals surface area contributed by atoms with Crippen LogP contribution < -0.4 is 10.1 Å². The number of nitrogens with zero attached hydrogens (tertiary/aromatic N) is 1. The molecule has 0 fully saturated rings. The maximum absolute atomic E-state index is 12.0. The normalized spacial score (nSPS) is 13.0. The lowest BCUT2D eigenvalue weighted by Gasteiger charge is -2.15. The second-order valence-corrected chi connectivity index (χ2v) is 5.18. The van der Waals surface area contributed by atoms with Gasteiger partial charge in [0, 0.05) is 12.1 Å². The van der Waals surface area contributed by atoms with Crippen molar-refractivity contribution >= 4 is 5.69 Å². The minimum Gasteiger partial charge on any atom is -0.468 e. The molecule has 0 saturated heterocycles. The molecule has 0 aromatic carbocycles. The van der Waals surface area contributed by atoms with Crippen molar-refractivity contribution in [3.05, 3.63) is 18.3 Å². The van der Waals surface area contributed by atoms with E-state index in [1.165, 1.54) is 37.9 Å². The Bertz CT molecular complexity index is 393. The Kier molecular flexibility index (Phi) is 7.32. The van der Waals surface area contributed by atoms with E-state index in [0.717, 1.165) is 12.1 Å². The van der Waals surface area contributed by atoms with E-state index in [4.69, 9.17) is 0 Å². The third kappa shape index (κ3) is 8.42. The van der Waals surface area contributed by atoms with Gasteiger partial charge in [0.15, 0.2) is 6.61 Å². The number of hydrogen-bond donors (Lipinski definition) is 1. The van der Waals surface area contributed by atoms with Gasteiger partial charge >= 0.3 is 6.18 Å². The molecule has 0 amide bonds. The highest BCUT2D eigenvalue weighted by atomic mass is 19.4. The summed E-state index contributed by atoms with van der Waals surface area (Å²) in [6, 6.07) is 3.43. The van der Waals surface area contributed by atoms with Crippen LogP contribution in [0, 0.1) is 0 Å². The van der Waals surface area contributed by atoms with Crippen molar-refractivity contribution in [1.29, 1.82) is 0 Å². The first kappa shape index (κ1) is 17.6. The highest BCUT2D eigenvalue weighted by molar-refractivity contribution is 5.42. The molecule has 21 heavy (non-hydrogen) atoms. The maximum Gasteiger partial charge on any atom is 0.422 e. The molecule has 0 radical (unpaired) electrons. The highest BCUT2D eigenvalue weighted by Crippen LogP contribution is 2.18. The second kappa shape index (κ2) is 8.74. The molecular weight excluding hydrogens is 281 g/mol. The standard InChI is InChI=1S/C15H23F3N2O/c1-3-4-5-6-7-12(2)20-13-8-9-14(19-10-13)21-11-15(16,17)18/h8-10,12,20H,3-7,11H2,1-2H3. The van der Waals surface area contributed by atoms with E-state index in [0.29, 0.717) is 6.04 Å². The van der Waals surface area contributed by atoms with Gasteiger partial charge < -0.3 is 10.1 Å². The molecule has 0 saturated carbocycles. The number of rotatable bonds is 9. The van der Waals surface area contributed by atoms with Gasteiger partial charge in [-0.05, 0) is 19.4 Å². The Morgan fingerprint density at radius 3 is 2.57 bits per heavy atom. The number of pyridine rings is 1. The molecule has 1 unspecified atom stereocenters. The van der Waals surface area contributed by atoms with Crippen LogP contribution in [0.1, 0.15) is 46.0 Å². The van der Waals surface area contributed by atoms with Crippen LogP contribution in [-0.4, -0.2) is 23.8 Å². The summed E-state index contributed by atoms with van der Waals surface area (Å²) in [6.07, 6.45) is 3.07. The van der Waals surface area contributed by atoms with Crippen molar-refractivity contribution < 1.29 is 17.9 Å². The molecule has 1 atom stereocenters. The fourth-order valence-corrected chi connectivity index (χ4v) is 1.94. The van der Waals surface area contributed by atoms with Crippen molar-refractivity contribution in [1.82, 2.24) is 4.98 Å². The SMILES string of the molecule is CCCCCCC(C)Nc1ccc(OCC(F)(F)F)nc1. The number of hydrogen-bond acceptors (Lipinski definition) is 3. The average Bonchev–Trinajstić information content (AvgIpc) is 2.42. The zero-order valence-electron chi connectivity index (χ0n) is 12.5. The van der Waals surface area contributed by atoms with Gasteiger partial charge in [-0.1, -0.05) is 32.6 Å². The fraction of sp³-hybridized carbons (Fsp3) is 0.667. The summed E-state index contributed by atoms with van der Waals surface area (Å²) in [4.78, 5) is 3.86. The van der Waals surface area contributed by atoms with E-state index in [1.54, 1.807) is 6.07 Å². The number of anilines is 1. The first-order valence-electron chi connectivity index (χ1n) is 7.33. The Morgan fingerprint density at radius 1 is 1.24 bits per heavy atom. The number of unbranched alkanes of at least 4 members (excludes halogenated alkanes) is 3. The Morgan fingerprint density at radius 2 is 2.00 bits per heavy atom. The molecule has 0 spiro atoms. The highest BCUT2D eigenvalue weighted by Gasteiger charge is 2.28. The molecule has 1 aromatic rings. The minimum atomic E-state index is -4.34. The van der Waals surface area contributed by atoms with Crippen LogP contribution in [-0.2, 0) is 0 Å². The lowest BCUT2D eigenvalue weighted by atomic mass is 10.1. The molecular formula is C15H23F3N2O. The number of nitrogens with one attached hydrogen (secondary N) is 1. The Hall–Kier alpha value is -1.46. The van der Waals surface area contributed by atoms with Gasteiger partial charge in [-0.2, -0.15) is 13.2 Å². The molecule has 120 valence electrons. The monoisotopic (exact) mass is 304 g/mol. The average molecular weight is 304 g/mol. The summed E-state index contributed by atoms with van der Waals surface area (Å²) in [5.74, 6) is -0.0199. The van der Waals surface area contributed by atoms with Gasteiger partial charge in [-0.25, -0.2) is 4.98 Å². The van der Waals surface area contributed by atoms with Crippen molar-refractivity contribution in [3.8, 4) is 5.88 Å². The lowest BCUT2D eigenvalue weighted by Crippen LogP contribution is -2.19. The zero-order chi connectivity index (χ0) is 15.7. The number of halogens is 3. The number of aromatic nitrogens is 1. The van der Waals surface area contributed by atoms with Gasteiger partial charge in [0.05, 0.1) is 11.9 Å². The van der Waals surface area contributed by atoms with E-state index in [9.17, 15) is 13.2 Å². The molecule has 6 heteroatoms. The van der Waals surface area contributed by atoms with Gasteiger partial charge in [-0.15, -0.1) is 0 Å².